The van der Waals surface area contributed by atoms with E-state index >= 15 is 0 Å². The van der Waals surface area contributed by atoms with Crippen LogP contribution in [0.25, 0.3) is 11.5 Å². The van der Waals surface area contributed by atoms with Gasteiger partial charge in [-0.1, -0.05) is 22.0 Å². The lowest BCUT2D eigenvalue weighted by Crippen LogP contribution is -2.20. The lowest BCUT2D eigenvalue weighted by Gasteiger charge is -2.11. The van der Waals surface area contributed by atoms with E-state index in [9.17, 15) is 4.79 Å². The Morgan fingerprint density at radius 2 is 2.00 bits per heavy atom. The number of nitrogens with one attached hydrogen (secondary N) is 2. The van der Waals surface area contributed by atoms with Crippen LogP contribution in [0.15, 0.2) is 44.3 Å². The molecule has 0 saturated heterocycles. The number of hydrogen-bond donors (Lipinski definition) is 2. The van der Waals surface area contributed by atoms with Gasteiger partial charge in [-0.05, 0) is 36.1 Å². The number of hydrogen-bond acceptors (Lipinski definition) is 6. The van der Waals surface area contributed by atoms with Gasteiger partial charge in [0.25, 0.3) is 5.89 Å². The molecule has 8 heteroatoms. The Hall–Kier alpha value is -2.48. The van der Waals surface area contributed by atoms with Gasteiger partial charge < -0.3 is 9.73 Å². The molecule has 1 aliphatic rings. The number of halogens is 1. The molecule has 0 amide bonds. The summed E-state index contributed by atoms with van der Waals surface area (Å²) in [5.74, 6) is 0.125. The SMILES string of the molecule is O=c1[nH]nc(-c2cnc(NC3Cc4ccc(Br)cc4C3)nc2)o1. The first-order chi connectivity index (χ1) is 11.2. The Kier molecular flexibility index (Phi) is 3.45. The van der Waals surface area contributed by atoms with E-state index in [0.29, 0.717) is 11.5 Å². The van der Waals surface area contributed by atoms with Crippen LogP contribution in [0.4, 0.5) is 5.95 Å². The monoisotopic (exact) mass is 373 g/mol. The lowest BCUT2D eigenvalue weighted by atomic mass is 10.1. The van der Waals surface area contributed by atoms with Crippen molar-refractivity contribution in [1.82, 2.24) is 20.2 Å². The molecule has 2 heterocycles. The van der Waals surface area contributed by atoms with Crippen molar-refractivity contribution in [1.29, 1.82) is 0 Å². The Labute approximate surface area is 139 Å². The first-order valence-electron chi connectivity index (χ1n) is 7.09. The minimum atomic E-state index is -0.600. The van der Waals surface area contributed by atoms with Crippen molar-refractivity contribution in [2.45, 2.75) is 18.9 Å². The van der Waals surface area contributed by atoms with Crippen molar-refractivity contribution < 1.29 is 4.42 Å². The highest BCUT2D eigenvalue weighted by molar-refractivity contribution is 9.10. The molecule has 0 saturated carbocycles. The molecule has 116 valence electrons. The fraction of sp³-hybridized carbons (Fsp3) is 0.200. The third kappa shape index (κ3) is 2.89. The van der Waals surface area contributed by atoms with Gasteiger partial charge in [-0.25, -0.2) is 19.9 Å². The molecule has 3 aromatic rings. The normalized spacial score (nSPS) is 16.3. The molecule has 0 spiro atoms. The molecule has 1 aromatic carbocycles. The van der Waals surface area contributed by atoms with E-state index in [1.165, 1.54) is 11.1 Å². The maximum atomic E-state index is 11.0. The Morgan fingerprint density at radius 3 is 2.74 bits per heavy atom. The summed E-state index contributed by atoms with van der Waals surface area (Å²) in [6.45, 7) is 0. The molecule has 2 N–H and O–H groups in total. The fourth-order valence-electron chi connectivity index (χ4n) is 2.74. The molecule has 0 bridgehead atoms. The summed E-state index contributed by atoms with van der Waals surface area (Å²) in [7, 11) is 0. The third-order valence-electron chi connectivity index (χ3n) is 3.77. The molecular formula is C15H12BrN5O2. The van der Waals surface area contributed by atoms with Gasteiger partial charge in [0.05, 0.1) is 5.56 Å². The summed E-state index contributed by atoms with van der Waals surface area (Å²) in [5, 5.41) is 9.29. The maximum Gasteiger partial charge on any atom is 0.434 e. The van der Waals surface area contributed by atoms with Crippen LogP contribution in [0.3, 0.4) is 0 Å². The van der Waals surface area contributed by atoms with Crippen molar-refractivity contribution in [2.24, 2.45) is 0 Å². The van der Waals surface area contributed by atoms with Crippen LogP contribution < -0.4 is 11.1 Å². The molecule has 1 aliphatic carbocycles. The van der Waals surface area contributed by atoms with Crippen LogP contribution in [0.1, 0.15) is 11.1 Å². The molecule has 0 fully saturated rings. The summed E-state index contributed by atoms with van der Waals surface area (Å²) >= 11 is 3.50. The summed E-state index contributed by atoms with van der Waals surface area (Å²) in [5.41, 5.74) is 3.24. The van der Waals surface area contributed by atoms with Crippen LogP contribution in [0.2, 0.25) is 0 Å². The molecule has 7 nitrogen and oxygen atoms in total. The first-order valence-corrected chi connectivity index (χ1v) is 7.88. The average molecular weight is 374 g/mol. The van der Waals surface area contributed by atoms with Gasteiger partial charge in [-0.15, -0.1) is 5.10 Å². The number of aromatic amines is 1. The van der Waals surface area contributed by atoms with E-state index in [1.54, 1.807) is 12.4 Å². The van der Waals surface area contributed by atoms with E-state index < -0.39 is 5.76 Å². The minimum Gasteiger partial charge on any atom is -0.388 e. The van der Waals surface area contributed by atoms with Crippen LogP contribution in [0, 0.1) is 0 Å². The highest BCUT2D eigenvalue weighted by Crippen LogP contribution is 2.27. The predicted octanol–water partition coefficient (Wildman–Crippen LogP) is 2.16. The second-order valence-corrected chi connectivity index (χ2v) is 6.29. The van der Waals surface area contributed by atoms with Gasteiger partial charge in [0.1, 0.15) is 0 Å². The average Bonchev–Trinajstić information content (AvgIpc) is 3.13. The van der Waals surface area contributed by atoms with Crippen LogP contribution in [0.5, 0.6) is 0 Å². The maximum absolute atomic E-state index is 11.0. The van der Waals surface area contributed by atoms with Crippen molar-refractivity contribution in [2.75, 3.05) is 5.32 Å². The first kappa shape index (κ1) is 14.1. The zero-order valence-electron chi connectivity index (χ0n) is 11.9. The fourth-order valence-corrected chi connectivity index (χ4v) is 3.15. The van der Waals surface area contributed by atoms with E-state index in [1.807, 2.05) is 0 Å². The van der Waals surface area contributed by atoms with E-state index in [0.717, 1.165) is 17.3 Å². The van der Waals surface area contributed by atoms with Gasteiger partial charge >= 0.3 is 5.76 Å². The number of fused-ring (bicyclic) bond motifs is 1. The zero-order valence-corrected chi connectivity index (χ0v) is 13.5. The molecule has 1 unspecified atom stereocenters. The number of H-pyrrole nitrogens is 1. The Bertz CT molecular complexity index is 903. The summed E-state index contributed by atoms with van der Waals surface area (Å²) in [4.78, 5) is 19.5. The number of benzene rings is 1. The van der Waals surface area contributed by atoms with Crippen molar-refractivity contribution in [3.8, 4) is 11.5 Å². The summed E-state index contributed by atoms with van der Waals surface area (Å²) < 4.78 is 5.96. The predicted molar refractivity (Wildman–Crippen MR) is 87.1 cm³/mol. The highest BCUT2D eigenvalue weighted by Gasteiger charge is 2.22. The van der Waals surface area contributed by atoms with Gasteiger partial charge in [-0.3, -0.25) is 0 Å². The van der Waals surface area contributed by atoms with E-state index in [2.05, 4.69) is 59.6 Å². The van der Waals surface area contributed by atoms with E-state index in [4.69, 9.17) is 4.42 Å². The Balaban J connectivity index is 1.47. The van der Waals surface area contributed by atoms with Gasteiger partial charge in [0.15, 0.2) is 0 Å². The second kappa shape index (κ2) is 5.62. The van der Waals surface area contributed by atoms with Crippen molar-refractivity contribution in [3.05, 3.63) is 56.7 Å². The van der Waals surface area contributed by atoms with Gasteiger partial charge in [0.2, 0.25) is 5.95 Å². The van der Waals surface area contributed by atoms with Crippen molar-refractivity contribution in [3.63, 3.8) is 0 Å². The summed E-state index contributed by atoms with van der Waals surface area (Å²) in [6.07, 6.45) is 5.04. The second-order valence-electron chi connectivity index (χ2n) is 5.38. The number of anilines is 1. The molecule has 23 heavy (non-hydrogen) atoms. The number of nitrogens with zero attached hydrogens (tertiary/aromatic N) is 3. The van der Waals surface area contributed by atoms with Gasteiger partial charge in [0, 0.05) is 22.9 Å². The largest absolute Gasteiger partial charge is 0.434 e. The molecule has 0 aliphatic heterocycles. The molecule has 1 atom stereocenters. The highest BCUT2D eigenvalue weighted by atomic mass is 79.9. The number of aromatic nitrogens is 4. The van der Waals surface area contributed by atoms with Gasteiger partial charge in [-0.2, -0.15) is 0 Å². The van der Waals surface area contributed by atoms with Crippen LogP contribution >= 0.6 is 15.9 Å². The molecule has 0 radical (unpaired) electrons. The minimum absolute atomic E-state index is 0.180. The van der Waals surface area contributed by atoms with Crippen molar-refractivity contribution >= 4 is 21.9 Å². The van der Waals surface area contributed by atoms with Crippen LogP contribution in [-0.4, -0.2) is 26.2 Å². The number of rotatable bonds is 3. The van der Waals surface area contributed by atoms with E-state index in [-0.39, 0.29) is 11.9 Å². The molecular weight excluding hydrogens is 362 g/mol. The lowest BCUT2D eigenvalue weighted by molar-refractivity contribution is 0.526. The topological polar surface area (TPSA) is 96.7 Å². The standard InChI is InChI=1S/C15H12BrN5O2/c16-11-2-1-8-4-12(5-9(8)3-11)19-14-17-6-10(7-18-14)13-20-21-15(22)23-13/h1-3,6-7,12H,4-5H2,(H,21,22)(H,17,18,19). The smallest absolute Gasteiger partial charge is 0.388 e. The molecule has 2 aromatic heterocycles. The zero-order chi connectivity index (χ0) is 15.8. The van der Waals surface area contributed by atoms with Crippen LogP contribution in [-0.2, 0) is 12.8 Å². The quantitative estimate of drug-likeness (QED) is 0.729. The molecule has 4 rings (SSSR count). The third-order valence-corrected chi connectivity index (χ3v) is 4.26. The Morgan fingerprint density at radius 1 is 1.22 bits per heavy atom. The summed E-state index contributed by atoms with van der Waals surface area (Å²) in [6, 6.07) is 6.63.